The first-order chi connectivity index (χ1) is 7.05. The van der Waals surface area contributed by atoms with E-state index in [0.29, 0.717) is 23.9 Å². The van der Waals surface area contributed by atoms with Crippen molar-refractivity contribution in [1.29, 1.82) is 0 Å². The minimum atomic E-state index is 0.197. The van der Waals surface area contributed by atoms with E-state index in [1.807, 2.05) is 0 Å². The summed E-state index contributed by atoms with van der Waals surface area (Å²) in [6, 6.07) is 0.989. The Balaban J connectivity index is 1.81. The molecule has 2 atom stereocenters. The van der Waals surface area contributed by atoms with Crippen LogP contribution in [0.2, 0.25) is 0 Å². The summed E-state index contributed by atoms with van der Waals surface area (Å²) in [5.41, 5.74) is 0.478. The molecule has 2 unspecified atom stereocenters. The molecule has 0 bridgehead atoms. The smallest absolute Gasteiger partial charge is 0.221 e. The van der Waals surface area contributed by atoms with E-state index in [1.165, 1.54) is 25.7 Å². The molecule has 1 aliphatic heterocycles. The summed E-state index contributed by atoms with van der Waals surface area (Å²) in [4.78, 5) is 11.1. The van der Waals surface area contributed by atoms with E-state index in [9.17, 15) is 4.79 Å². The second-order valence-corrected chi connectivity index (χ2v) is 5.83. The van der Waals surface area contributed by atoms with Crippen LogP contribution in [0, 0.1) is 5.41 Å². The molecule has 1 aliphatic carbocycles. The first-order valence-electron chi connectivity index (χ1n) is 6.08. The van der Waals surface area contributed by atoms with Gasteiger partial charge in [-0.25, -0.2) is 0 Å². The van der Waals surface area contributed by atoms with Crippen molar-refractivity contribution in [3.05, 3.63) is 0 Å². The Morgan fingerprint density at radius 3 is 2.80 bits per heavy atom. The molecule has 0 radical (unpaired) electrons. The van der Waals surface area contributed by atoms with Crippen LogP contribution in [0.3, 0.4) is 0 Å². The van der Waals surface area contributed by atoms with Crippen LogP contribution in [0.1, 0.15) is 46.0 Å². The topological polar surface area (TPSA) is 41.1 Å². The van der Waals surface area contributed by atoms with Gasteiger partial charge >= 0.3 is 0 Å². The van der Waals surface area contributed by atoms with Crippen LogP contribution in [-0.4, -0.2) is 24.5 Å². The van der Waals surface area contributed by atoms with Gasteiger partial charge in [0.05, 0.1) is 0 Å². The Morgan fingerprint density at radius 2 is 2.20 bits per heavy atom. The van der Waals surface area contributed by atoms with Gasteiger partial charge in [-0.05, 0) is 24.7 Å². The fraction of sp³-hybridized carbons (Fsp3) is 0.917. The number of carbonyl (C=O) groups is 1. The van der Waals surface area contributed by atoms with E-state index in [2.05, 4.69) is 24.5 Å². The molecule has 0 spiro atoms. The monoisotopic (exact) mass is 210 g/mol. The third-order valence-corrected chi connectivity index (χ3v) is 3.65. The number of nitrogens with one attached hydrogen (secondary N) is 2. The van der Waals surface area contributed by atoms with Crippen molar-refractivity contribution >= 4 is 5.91 Å². The fourth-order valence-electron chi connectivity index (χ4n) is 2.90. The van der Waals surface area contributed by atoms with Crippen LogP contribution in [-0.2, 0) is 4.79 Å². The zero-order valence-electron chi connectivity index (χ0n) is 9.81. The van der Waals surface area contributed by atoms with Crippen molar-refractivity contribution in [2.75, 3.05) is 6.54 Å². The first-order valence-corrected chi connectivity index (χ1v) is 6.08. The second kappa shape index (κ2) is 4.12. The SMILES string of the molecule is CC1(C)CCCC(NC2CNC(=O)C2)C1. The van der Waals surface area contributed by atoms with E-state index in [4.69, 9.17) is 0 Å². The molecule has 15 heavy (non-hydrogen) atoms. The molecule has 2 rings (SSSR count). The quantitative estimate of drug-likeness (QED) is 0.724. The number of carbonyl (C=O) groups excluding carboxylic acids is 1. The molecule has 0 aromatic heterocycles. The average Bonchev–Trinajstić information content (AvgIpc) is 2.49. The predicted octanol–water partition coefficient (Wildman–Crippen LogP) is 1.43. The molecular formula is C12H22N2O. The maximum absolute atomic E-state index is 11.1. The van der Waals surface area contributed by atoms with Crippen LogP contribution in [0.15, 0.2) is 0 Å². The van der Waals surface area contributed by atoms with Crippen LogP contribution in [0.5, 0.6) is 0 Å². The van der Waals surface area contributed by atoms with E-state index in [1.54, 1.807) is 0 Å². The highest BCUT2D eigenvalue weighted by Gasteiger charge is 2.30. The molecule has 86 valence electrons. The molecule has 1 amide bonds. The Hall–Kier alpha value is -0.570. The molecule has 2 fully saturated rings. The maximum atomic E-state index is 11.1. The van der Waals surface area contributed by atoms with Gasteiger partial charge < -0.3 is 10.6 Å². The second-order valence-electron chi connectivity index (χ2n) is 5.83. The minimum Gasteiger partial charge on any atom is -0.354 e. The van der Waals surface area contributed by atoms with Gasteiger partial charge in [0.15, 0.2) is 0 Å². The molecule has 0 aromatic rings. The lowest BCUT2D eigenvalue weighted by molar-refractivity contribution is -0.119. The molecule has 0 aromatic carbocycles. The zero-order chi connectivity index (χ0) is 10.9. The number of hydrogen-bond donors (Lipinski definition) is 2. The standard InChI is InChI=1S/C12H22N2O/c1-12(2)5-3-4-9(7-12)14-10-6-11(15)13-8-10/h9-10,14H,3-8H2,1-2H3,(H,13,15). The predicted molar refractivity (Wildman–Crippen MR) is 60.6 cm³/mol. The first kappa shape index (κ1) is 10.9. The summed E-state index contributed by atoms with van der Waals surface area (Å²) >= 11 is 0. The summed E-state index contributed by atoms with van der Waals surface area (Å²) in [6.45, 7) is 5.51. The minimum absolute atomic E-state index is 0.197. The highest BCUT2D eigenvalue weighted by atomic mass is 16.1. The van der Waals surface area contributed by atoms with Crippen molar-refractivity contribution in [3.8, 4) is 0 Å². The maximum Gasteiger partial charge on any atom is 0.221 e. The zero-order valence-corrected chi connectivity index (χ0v) is 9.81. The average molecular weight is 210 g/mol. The summed E-state index contributed by atoms with van der Waals surface area (Å²) in [7, 11) is 0. The lowest BCUT2D eigenvalue weighted by atomic mass is 9.75. The summed E-state index contributed by atoms with van der Waals surface area (Å²) < 4.78 is 0. The van der Waals surface area contributed by atoms with Crippen LogP contribution >= 0.6 is 0 Å². The Bertz CT molecular complexity index is 250. The van der Waals surface area contributed by atoms with E-state index < -0.39 is 0 Å². The van der Waals surface area contributed by atoms with Gasteiger partial charge in [0.25, 0.3) is 0 Å². The Morgan fingerprint density at radius 1 is 1.40 bits per heavy atom. The lowest BCUT2D eigenvalue weighted by Gasteiger charge is -2.36. The van der Waals surface area contributed by atoms with Gasteiger partial charge in [0.2, 0.25) is 5.91 Å². The molecule has 2 N–H and O–H groups in total. The van der Waals surface area contributed by atoms with Gasteiger partial charge in [-0.1, -0.05) is 20.3 Å². The molecular weight excluding hydrogens is 188 g/mol. The third-order valence-electron chi connectivity index (χ3n) is 3.65. The van der Waals surface area contributed by atoms with E-state index in [0.717, 1.165) is 6.54 Å². The van der Waals surface area contributed by atoms with Crippen molar-refractivity contribution < 1.29 is 4.79 Å². The van der Waals surface area contributed by atoms with Crippen molar-refractivity contribution in [2.45, 2.75) is 58.0 Å². The molecule has 2 aliphatic rings. The Kier molecular flexibility index (Phi) is 3.01. The van der Waals surface area contributed by atoms with Gasteiger partial charge in [0.1, 0.15) is 0 Å². The number of hydrogen-bond acceptors (Lipinski definition) is 2. The molecule has 1 saturated carbocycles. The number of amides is 1. The summed E-state index contributed by atoms with van der Waals surface area (Å²) in [5, 5.41) is 6.50. The fourth-order valence-corrected chi connectivity index (χ4v) is 2.90. The summed E-state index contributed by atoms with van der Waals surface area (Å²) in [5.74, 6) is 0.197. The van der Waals surface area contributed by atoms with Gasteiger partial charge in [-0.15, -0.1) is 0 Å². The normalized spacial score (nSPS) is 35.2. The highest BCUT2D eigenvalue weighted by molar-refractivity contribution is 5.78. The van der Waals surface area contributed by atoms with Crippen molar-refractivity contribution in [3.63, 3.8) is 0 Å². The van der Waals surface area contributed by atoms with Crippen LogP contribution in [0.4, 0.5) is 0 Å². The molecule has 1 saturated heterocycles. The van der Waals surface area contributed by atoms with Gasteiger partial charge in [0, 0.05) is 25.0 Å². The van der Waals surface area contributed by atoms with E-state index >= 15 is 0 Å². The highest BCUT2D eigenvalue weighted by Crippen LogP contribution is 2.35. The lowest BCUT2D eigenvalue weighted by Crippen LogP contribution is -2.43. The van der Waals surface area contributed by atoms with Crippen molar-refractivity contribution in [2.24, 2.45) is 5.41 Å². The van der Waals surface area contributed by atoms with Gasteiger partial charge in [-0.2, -0.15) is 0 Å². The van der Waals surface area contributed by atoms with Gasteiger partial charge in [-0.3, -0.25) is 4.79 Å². The molecule has 1 heterocycles. The number of rotatable bonds is 2. The van der Waals surface area contributed by atoms with Crippen molar-refractivity contribution in [1.82, 2.24) is 10.6 Å². The summed E-state index contributed by atoms with van der Waals surface area (Å²) in [6.07, 6.45) is 5.84. The Labute approximate surface area is 92.0 Å². The largest absolute Gasteiger partial charge is 0.354 e. The van der Waals surface area contributed by atoms with Crippen LogP contribution in [0.25, 0.3) is 0 Å². The van der Waals surface area contributed by atoms with Crippen LogP contribution < -0.4 is 10.6 Å². The molecule has 3 nitrogen and oxygen atoms in total. The molecule has 3 heteroatoms. The van der Waals surface area contributed by atoms with E-state index in [-0.39, 0.29) is 5.91 Å². The third kappa shape index (κ3) is 2.94.